The van der Waals surface area contributed by atoms with E-state index in [-0.39, 0.29) is 12.6 Å². The van der Waals surface area contributed by atoms with Crippen LogP contribution in [0.15, 0.2) is 41.0 Å². The Balaban J connectivity index is 2.08. The van der Waals surface area contributed by atoms with Crippen molar-refractivity contribution in [2.45, 2.75) is 45.6 Å². The van der Waals surface area contributed by atoms with Gasteiger partial charge < -0.3 is 20.2 Å². The topological polar surface area (TPSA) is 74.5 Å². The highest BCUT2D eigenvalue weighted by Crippen LogP contribution is 2.32. The third-order valence-electron chi connectivity index (χ3n) is 3.94. The summed E-state index contributed by atoms with van der Waals surface area (Å²) in [7, 11) is 0. The normalized spacial score (nSPS) is 12.5. The number of rotatable bonds is 6. The van der Waals surface area contributed by atoms with E-state index in [9.17, 15) is 9.90 Å². The Morgan fingerprint density at radius 1 is 1.08 bits per heavy atom. The number of carbonyl (C=O) groups excluding carboxylic acids is 1. The molecule has 1 aromatic heterocycles. The molecule has 5 nitrogen and oxygen atoms in total. The Bertz CT molecular complexity index is 637. The first-order chi connectivity index (χ1) is 11.4. The summed E-state index contributed by atoms with van der Waals surface area (Å²) in [6.45, 7) is 8.49. The van der Waals surface area contributed by atoms with Gasteiger partial charge in [-0.15, -0.1) is 0 Å². The number of benzene rings is 1. The first kappa shape index (κ1) is 18.1. The highest BCUT2D eigenvalue weighted by molar-refractivity contribution is 5.91. The zero-order valence-corrected chi connectivity index (χ0v) is 14.7. The molecule has 2 rings (SSSR count). The summed E-state index contributed by atoms with van der Waals surface area (Å²) >= 11 is 0. The molecular weight excluding hydrogens is 304 g/mol. The zero-order valence-electron chi connectivity index (χ0n) is 14.7. The van der Waals surface area contributed by atoms with Crippen LogP contribution in [0.5, 0.6) is 0 Å². The number of anilines is 1. The maximum atomic E-state index is 12.3. The van der Waals surface area contributed by atoms with Crippen molar-refractivity contribution in [1.82, 2.24) is 5.32 Å². The summed E-state index contributed by atoms with van der Waals surface area (Å²) in [5.74, 6) is 1.03. The first-order valence-electron chi connectivity index (χ1n) is 8.29. The number of carbonyl (C=O) groups is 1. The molecule has 0 saturated carbocycles. The van der Waals surface area contributed by atoms with Gasteiger partial charge in [0.2, 0.25) is 0 Å². The maximum Gasteiger partial charge on any atom is 0.319 e. The molecule has 1 aromatic carbocycles. The Hall–Kier alpha value is -2.27. The minimum Gasteiger partial charge on any atom is -0.467 e. The van der Waals surface area contributed by atoms with Gasteiger partial charge in [-0.05, 0) is 35.1 Å². The van der Waals surface area contributed by atoms with Gasteiger partial charge >= 0.3 is 6.03 Å². The second-order valence-corrected chi connectivity index (χ2v) is 6.49. The smallest absolute Gasteiger partial charge is 0.319 e. The number of furan rings is 1. The average molecular weight is 330 g/mol. The second kappa shape index (κ2) is 8.02. The van der Waals surface area contributed by atoms with Crippen molar-refractivity contribution in [1.29, 1.82) is 0 Å². The fourth-order valence-electron chi connectivity index (χ4n) is 2.62. The molecule has 1 atom stereocenters. The van der Waals surface area contributed by atoms with Crippen LogP contribution >= 0.6 is 0 Å². The Morgan fingerprint density at radius 3 is 2.21 bits per heavy atom. The summed E-state index contributed by atoms with van der Waals surface area (Å²) in [5, 5.41) is 15.6. The molecule has 0 aliphatic carbocycles. The molecule has 2 aromatic rings. The predicted octanol–water partition coefficient (Wildman–Crippen LogP) is 4.38. The molecule has 0 spiro atoms. The van der Waals surface area contributed by atoms with Gasteiger partial charge in [-0.25, -0.2) is 4.79 Å². The predicted molar refractivity (Wildman–Crippen MR) is 95.3 cm³/mol. The van der Waals surface area contributed by atoms with E-state index in [0.29, 0.717) is 17.6 Å². The third kappa shape index (κ3) is 4.38. The van der Waals surface area contributed by atoms with E-state index in [4.69, 9.17) is 4.42 Å². The Labute approximate surface area is 143 Å². The zero-order chi connectivity index (χ0) is 17.7. The lowest BCUT2D eigenvalue weighted by Gasteiger charge is -2.20. The fourth-order valence-corrected chi connectivity index (χ4v) is 2.62. The number of para-hydroxylation sites is 1. The second-order valence-electron chi connectivity index (χ2n) is 6.49. The molecular formula is C19H26N2O3. The summed E-state index contributed by atoms with van der Waals surface area (Å²) in [6, 6.07) is 9.12. The van der Waals surface area contributed by atoms with Gasteiger partial charge in [0.05, 0.1) is 12.8 Å². The van der Waals surface area contributed by atoms with Gasteiger partial charge in [0.25, 0.3) is 0 Å². The molecule has 0 fully saturated rings. The number of amides is 2. The molecule has 0 aliphatic heterocycles. The van der Waals surface area contributed by atoms with Crippen LogP contribution in [-0.4, -0.2) is 17.7 Å². The number of aliphatic hydroxyl groups excluding tert-OH is 1. The Kier molecular flexibility index (Phi) is 6.04. The number of urea groups is 1. The minimum absolute atomic E-state index is 0.0835. The van der Waals surface area contributed by atoms with Gasteiger partial charge in [0.1, 0.15) is 11.9 Å². The van der Waals surface area contributed by atoms with Crippen molar-refractivity contribution in [3.05, 3.63) is 53.5 Å². The highest BCUT2D eigenvalue weighted by Gasteiger charge is 2.17. The van der Waals surface area contributed by atoms with Crippen LogP contribution in [-0.2, 0) is 0 Å². The maximum absolute atomic E-state index is 12.3. The van der Waals surface area contributed by atoms with Gasteiger partial charge in [0, 0.05) is 5.69 Å². The average Bonchev–Trinajstić information content (AvgIpc) is 3.06. The van der Waals surface area contributed by atoms with E-state index < -0.39 is 6.10 Å². The molecule has 1 unspecified atom stereocenters. The third-order valence-corrected chi connectivity index (χ3v) is 3.94. The molecule has 5 heteroatoms. The van der Waals surface area contributed by atoms with E-state index in [0.717, 1.165) is 16.8 Å². The summed E-state index contributed by atoms with van der Waals surface area (Å²) in [5.41, 5.74) is 3.05. The van der Waals surface area contributed by atoms with Crippen LogP contribution in [0.1, 0.15) is 62.5 Å². The molecule has 3 N–H and O–H groups in total. The summed E-state index contributed by atoms with van der Waals surface area (Å²) in [6.07, 6.45) is 0.627. The molecule has 24 heavy (non-hydrogen) atoms. The number of hydrogen-bond donors (Lipinski definition) is 3. The molecule has 2 amide bonds. The first-order valence-corrected chi connectivity index (χ1v) is 8.29. The number of aliphatic hydroxyl groups is 1. The summed E-state index contributed by atoms with van der Waals surface area (Å²) < 4.78 is 5.13. The van der Waals surface area contributed by atoms with Gasteiger partial charge in [0.15, 0.2) is 0 Å². The van der Waals surface area contributed by atoms with Gasteiger partial charge in [-0.1, -0.05) is 45.9 Å². The fraction of sp³-hybridized carbons (Fsp3) is 0.421. The molecule has 0 radical (unpaired) electrons. The quantitative estimate of drug-likeness (QED) is 0.735. The molecule has 1 heterocycles. The highest BCUT2D eigenvalue weighted by atomic mass is 16.4. The monoisotopic (exact) mass is 330 g/mol. The van der Waals surface area contributed by atoms with Crippen LogP contribution in [0.25, 0.3) is 0 Å². The minimum atomic E-state index is -0.865. The van der Waals surface area contributed by atoms with Crippen molar-refractivity contribution in [3.63, 3.8) is 0 Å². The standard InChI is InChI=1S/C19H26N2O3/c1-12(2)14-7-5-8-15(13(3)4)18(14)21-19(23)20-11-16(22)17-9-6-10-24-17/h5-10,12-13,16,22H,11H2,1-4H3,(H2,20,21,23). The summed E-state index contributed by atoms with van der Waals surface area (Å²) in [4.78, 5) is 12.3. The number of nitrogens with one attached hydrogen (secondary N) is 2. The van der Waals surface area contributed by atoms with Crippen LogP contribution < -0.4 is 10.6 Å². The van der Waals surface area contributed by atoms with Crippen molar-refractivity contribution >= 4 is 11.7 Å². The van der Waals surface area contributed by atoms with Crippen molar-refractivity contribution < 1.29 is 14.3 Å². The van der Waals surface area contributed by atoms with Crippen molar-refractivity contribution in [3.8, 4) is 0 Å². The SMILES string of the molecule is CC(C)c1cccc(C(C)C)c1NC(=O)NCC(O)c1ccco1. The lowest BCUT2D eigenvalue weighted by Crippen LogP contribution is -2.33. The van der Waals surface area contributed by atoms with Crippen LogP contribution in [0, 0.1) is 0 Å². The number of hydrogen-bond acceptors (Lipinski definition) is 3. The van der Waals surface area contributed by atoms with Crippen molar-refractivity contribution in [2.24, 2.45) is 0 Å². The molecule has 0 bridgehead atoms. The van der Waals surface area contributed by atoms with Crippen LogP contribution in [0.3, 0.4) is 0 Å². The largest absolute Gasteiger partial charge is 0.467 e. The van der Waals surface area contributed by atoms with Gasteiger partial charge in [-0.3, -0.25) is 0 Å². The lowest BCUT2D eigenvalue weighted by molar-refractivity contribution is 0.149. The van der Waals surface area contributed by atoms with E-state index in [1.54, 1.807) is 12.1 Å². The lowest BCUT2D eigenvalue weighted by atomic mass is 9.93. The van der Waals surface area contributed by atoms with E-state index in [1.165, 1.54) is 6.26 Å². The van der Waals surface area contributed by atoms with Crippen LogP contribution in [0.4, 0.5) is 10.5 Å². The van der Waals surface area contributed by atoms with E-state index in [1.807, 2.05) is 18.2 Å². The van der Waals surface area contributed by atoms with Gasteiger partial charge in [-0.2, -0.15) is 0 Å². The van der Waals surface area contributed by atoms with Crippen LogP contribution in [0.2, 0.25) is 0 Å². The molecule has 0 aliphatic rings. The molecule has 0 saturated heterocycles. The molecule has 130 valence electrons. The van der Waals surface area contributed by atoms with Crippen molar-refractivity contribution in [2.75, 3.05) is 11.9 Å². The van der Waals surface area contributed by atoms with E-state index >= 15 is 0 Å². The Morgan fingerprint density at radius 2 is 1.71 bits per heavy atom. The van der Waals surface area contributed by atoms with E-state index in [2.05, 4.69) is 38.3 Å².